The molecule has 1 unspecified atom stereocenters. The Morgan fingerprint density at radius 2 is 0.917 bits per heavy atom. The van der Waals surface area contributed by atoms with Gasteiger partial charge in [0.15, 0.2) is 26.3 Å². The summed E-state index contributed by atoms with van der Waals surface area (Å²) in [6.07, 6.45) is 0. The van der Waals surface area contributed by atoms with Crippen LogP contribution in [0.2, 0.25) is 0 Å². The van der Waals surface area contributed by atoms with Crippen molar-refractivity contribution in [1.29, 1.82) is 0 Å². The highest BCUT2D eigenvalue weighted by Gasteiger charge is 2.42. The average Bonchev–Trinajstić information content (AvgIpc) is 3.86. The number of hydrogen-bond donors (Lipinski definition) is 2. The van der Waals surface area contributed by atoms with E-state index in [4.69, 9.17) is 21.4 Å². The van der Waals surface area contributed by atoms with Gasteiger partial charge in [0.1, 0.15) is 27.9 Å². The number of carbonyl (C=O) groups is 1. The fraction of sp³-hybridized carbons (Fsp3) is 0.531. The van der Waals surface area contributed by atoms with Crippen LogP contribution in [-0.2, 0) is 4.79 Å². The molecule has 1 atom stereocenters. The maximum atomic E-state index is 14.3. The van der Waals surface area contributed by atoms with Crippen molar-refractivity contribution in [3.05, 3.63) is 15.5 Å². The molecular weight excluding hydrogens is 685 g/mol. The summed E-state index contributed by atoms with van der Waals surface area (Å²) in [6, 6.07) is 0. The molecule has 4 N–H and O–H groups in total. The van der Waals surface area contributed by atoms with Crippen LogP contribution in [0.3, 0.4) is 0 Å². The molecule has 4 heterocycles. The van der Waals surface area contributed by atoms with Crippen LogP contribution in [0.4, 0.5) is 32.2 Å². The Kier molecular flexibility index (Phi) is 11.2. The molecule has 0 bridgehead atoms. The number of ketones is 1. The number of carbonyl (C=O) groups excluding carboxylic acids is 1. The lowest BCUT2D eigenvalue weighted by Gasteiger charge is -2.35. The van der Waals surface area contributed by atoms with E-state index in [1.165, 1.54) is 45.3 Å². The maximum Gasteiger partial charge on any atom is 0.187 e. The molecule has 260 valence electrons. The normalized spacial score (nSPS) is 14.5. The second-order valence-electron chi connectivity index (χ2n) is 11.0. The molecule has 0 aromatic carbocycles. The summed E-state index contributed by atoms with van der Waals surface area (Å²) in [5.74, 6) is -0.778. The largest absolute Gasteiger partial charge is 0.874 e. The van der Waals surface area contributed by atoms with Crippen LogP contribution >= 0.6 is 45.3 Å². The summed E-state index contributed by atoms with van der Waals surface area (Å²) in [4.78, 5) is 44.6. The minimum atomic E-state index is -0.980. The SMILES string of the molecule is CCN(CC)c1nc(-c2sc(N(CC)CC)nc2N)c(C2=C([O-])C(c3sc(N(CC)CC)nc3-c3sc(N(CC)CC)nc3N)C2=O)s1. The van der Waals surface area contributed by atoms with Crippen LogP contribution in [0.1, 0.15) is 71.1 Å². The number of hydrogen-bond acceptors (Lipinski definition) is 16. The van der Waals surface area contributed by atoms with Gasteiger partial charge in [0.25, 0.3) is 0 Å². The van der Waals surface area contributed by atoms with E-state index in [1.54, 1.807) is 0 Å². The van der Waals surface area contributed by atoms with Gasteiger partial charge in [0.2, 0.25) is 0 Å². The Morgan fingerprint density at radius 1 is 0.562 bits per heavy atom. The Hall–Kier alpha value is -3.47. The molecule has 16 heteroatoms. The lowest BCUT2D eigenvalue weighted by atomic mass is 9.79. The van der Waals surface area contributed by atoms with Crippen molar-refractivity contribution in [3.63, 3.8) is 0 Å². The summed E-state index contributed by atoms with van der Waals surface area (Å²) < 4.78 is 0. The lowest BCUT2D eigenvalue weighted by Crippen LogP contribution is -2.34. The summed E-state index contributed by atoms with van der Waals surface area (Å²) in [5.41, 5.74) is 14.3. The van der Waals surface area contributed by atoms with E-state index in [0.717, 1.165) is 72.9 Å². The average molecular weight is 730 g/mol. The van der Waals surface area contributed by atoms with Crippen LogP contribution in [0.25, 0.3) is 26.7 Å². The van der Waals surface area contributed by atoms with Crippen LogP contribution < -0.4 is 36.2 Å². The van der Waals surface area contributed by atoms with Crippen molar-refractivity contribution in [1.82, 2.24) is 19.9 Å². The zero-order valence-electron chi connectivity index (χ0n) is 28.9. The summed E-state index contributed by atoms with van der Waals surface area (Å²) in [6.45, 7) is 22.6. The minimum absolute atomic E-state index is 0.160. The first-order valence-electron chi connectivity index (χ1n) is 16.6. The number of nitrogen functional groups attached to an aromatic ring is 2. The van der Waals surface area contributed by atoms with E-state index in [2.05, 4.69) is 85.0 Å². The highest BCUT2D eigenvalue weighted by molar-refractivity contribution is 7.21. The fourth-order valence-electron chi connectivity index (χ4n) is 5.72. The summed E-state index contributed by atoms with van der Waals surface area (Å²) >= 11 is 5.63. The highest BCUT2D eigenvalue weighted by atomic mass is 32.1. The van der Waals surface area contributed by atoms with E-state index in [0.29, 0.717) is 42.5 Å². The van der Waals surface area contributed by atoms with Crippen LogP contribution in [-0.4, -0.2) is 78.1 Å². The van der Waals surface area contributed by atoms with Crippen molar-refractivity contribution < 1.29 is 9.90 Å². The summed E-state index contributed by atoms with van der Waals surface area (Å²) in [5, 5.41) is 17.4. The fourth-order valence-corrected chi connectivity index (χ4v) is 10.6. The van der Waals surface area contributed by atoms with E-state index < -0.39 is 5.92 Å². The zero-order chi connectivity index (χ0) is 34.9. The first kappa shape index (κ1) is 35.8. The number of anilines is 6. The number of rotatable bonds is 16. The number of nitrogens with two attached hydrogens (primary N) is 2. The molecular formula is C32H45N10O2S4-. The van der Waals surface area contributed by atoms with Crippen molar-refractivity contribution >= 4 is 88.9 Å². The van der Waals surface area contributed by atoms with Gasteiger partial charge in [0.05, 0.1) is 15.7 Å². The molecule has 12 nitrogen and oxygen atoms in total. The van der Waals surface area contributed by atoms with Gasteiger partial charge in [-0.05, 0) is 55.4 Å². The zero-order valence-corrected chi connectivity index (χ0v) is 32.2. The van der Waals surface area contributed by atoms with E-state index in [-0.39, 0.29) is 17.1 Å². The molecule has 0 amide bonds. The lowest BCUT2D eigenvalue weighted by molar-refractivity contribution is -0.309. The smallest absolute Gasteiger partial charge is 0.187 e. The van der Waals surface area contributed by atoms with E-state index in [9.17, 15) is 9.90 Å². The molecule has 1 aliphatic carbocycles. The van der Waals surface area contributed by atoms with Gasteiger partial charge in [-0.2, -0.15) is 0 Å². The van der Waals surface area contributed by atoms with Crippen LogP contribution in [0.5, 0.6) is 0 Å². The minimum Gasteiger partial charge on any atom is -0.874 e. The van der Waals surface area contributed by atoms with Gasteiger partial charge < -0.3 is 36.2 Å². The van der Waals surface area contributed by atoms with Crippen molar-refractivity contribution in [2.24, 2.45) is 0 Å². The predicted octanol–water partition coefficient (Wildman–Crippen LogP) is 5.83. The monoisotopic (exact) mass is 729 g/mol. The quantitative estimate of drug-likeness (QED) is 0.142. The molecule has 4 aromatic heterocycles. The number of nitrogens with zero attached hydrogens (tertiary/aromatic N) is 8. The third-order valence-corrected chi connectivity index (χ3v) is 13.2. The Labute approximate surface area is 298 Å². The number of thiazole rings is 4. The molecule has 0 saturated carbocycles. The van der Waals surface area contributed by atoms with Crippen LogP contribution in [0.15, 0.2) is 5.76 Å². The molecule has 48 heavy (non-hydrogen) atoms. The van der Waals surface area contributed by atoms with Gasteiger partial charge in [-0.25, -0.2) is 19.9 Å². The number of allylic oxidation sites excluding steroid dienone is 2. The maximum absolute atomic E-state index is 14.3. The highest BCUT2D eigenvalue weighted by Crippen LogP contribution is 2.54. The Morgan fingerprint density at radius 3 is 1.33 bits per heavy atom. The number of aromatic nitrogens is 4. The number of Topliss-reactive ketones (excluding diaryl/α,β-unsaturated/α-hetero) is 1. The van der Waals surface area contributed by atoms with Crippen molar-refractivity contribution in [3.8, 4) is 21.1 Å². The van der Waals surface area contributed by atoms with Gasteiger partial charge in [-0.15, -0.1) is 17.1 Å². The third-order valence-electron chi connectivity index (χ3n) is 8.61. The molecule has 4 aromatic rings. The second kappa shape index (κ2) is 15.0. The summed E-state index contributed by atoms with van der Waals surface area (Å²) in [7, 11) is 0. The van der Waals surface area contributed by atoms with Gasteiger partial charge in [-0.1, -0.05) is 34.0 Å². The van der Waals surface area contributed by atoms with Gasteiger partial charge >= 0.3 is 0 Å². The molecule has 0 spiro atoms. The van der Waals surface area contributed by atoms with Gasteiger partial charge in [-0.3, -0.25) is 4.79 Å². The molecule has 0 saturated heterocycles. The molecule has 1 aliphatic rings. The van der Waals surface area contributed by atoms with E-state index >= 15 is 0 Å². The van der Waals surface area contributed by atoms with Crippen molar-refractivity contribution in [2.45, 2.75) is 61.3 Å². The molecule has 0 aliphatic heterocycles. The second-order valence-corrected chi connectivity index (χ2v) is 15.0. The van der Waals surface area contributed by atoms with Gasteiger partial charge in [0, 0.05) is 62.8 Å². The first-order chi connectivity index (χ1) is 23.1. The predicted molar refractivity (Wildman–Crippen MR) is 204 cm³/mol. The topological polar surface area (TPSA) is 157 Å². The van der Waals surface area contributed by atoms with Crippen molar-refractivity contribution in [2.75, 3.05) is 83.4 Å². The first-order valence-corrected chi connectivity index (χ1v) is 19.9. The Bertz CT molecular complexity index is 1770. The third kappa shape index (κ3) is 6.23. The standard InChI is InChI=1S/C32H46N10O2S4/c1-9-39(10-2)29-35-19(25-27(33)37-31(47-25)41(13-5)14-6)23(45-29)17-21(43)18(22(17)44)24-20(36-30(46-24)40(11-3)12-4)26-28(34)38-32(48-26)42(15-7)16-8/h17,43H,9-16,33-34H2,1-8H3/p-1. The molecule has 0 radical (unpaired) electrons. The Balaban J connectivity index is 1.66. The van der Waals surface area contributed by atoms with Crippen LogP contribution in [0, 0.1) is 0 Å². The molecule has 0 fully saturated rings. The van der Waals surface area contributed by atoms with E-state index in [1.807, 2.05) is 0 Å². The molecule has 5 rings (SSSR count).